The van der Waals surface area contributed by atoms with Crippen molar-refractivity contribution in [3.8, 4) is 0 Å². The second-order valence-corrected chi connectivity index (χ2v) is 5.79. The van der Waals surface area contributed by atoms with Crippen LogP contribution in [0.4, 0.5) is 5.69 Å². The number of para-hydroxylation sites is 1. The first-order chi connectivity index (χ1) is 9.65. The fourth-order valence-electron chi connectivity index (χ4n) is 2.20. The van der Waals surface area contributed by atoms with E-state index >= 15 is 0 Å². The Balaban J connectivity index is 2.24. The SMILES string of the molecule is CCc1ccc(C(Cc2ccccc2[N+](=O)[O-])NC)s1. The number of nitro groups is 1. The second kappa shape index (κ2) is 6.63. The monoisotopic (exact) mass is 290 g/mol. The Labute approximate surface area is 122 Å². The molecule has 20 heavy (non-hydrogen) atoms. The van der Waals surface area contributed by atoms with E-state index in [4.69, 9.17) is 0 Å². The van der Waals surface area contributed by atoms with Crippen molar-refractivity contribution in [3.63, 3.8) is 0 Å². The number of nitrogens with zero attached hydrogens (tertiary/aromatic N) is 1. The van der Waals surface area contributed by atoms with Crippen molar-refractivity contribution in [2.45, 2.75) is 25.8 Å². The number of nitrogens with one attached hydrogen (secondary N) is 1. The van der Waals surface area contributed by atoms with E-state index in [0.717, 1.165) is 12.0 Å². The molecule has 0 saturated carbocycles. The molecule has 1 aromatic heterocycles. The van der Waals surface area contributed by atoms with Crippen LogP contribution in [-0.2, 0) is 12.8 Å². The van der Waals surface area contributed by atoms with Gasteiger partial charge in [0.1, 0.15) is 0 Å². The summed E-state index contributed by atoms with van der Waals surface area (Å²) >= 11 is 1.77. The zero-order valence-corrected chi connectivity index (χ0v) is 12.4. The number of thiophene rings is 1. The van der Waals surface area contributed by atoms with Crippen LogP contribution in [0, 0.1) is 10.1 Å². The maximum absolute atomic E-state index is 11.1. The van der Waals surface area contributed by atoms with Gasteiger partial charge in [0.05, 0.1) is 4.92 Å². The molecule has 1 atom stereocenters. The van der Waals surface area contributed by atoms with Gasteiger partial charge in [-0.2, -0.15) is 0 Å². The van der Waals surface area contributed by atoms with Crippen LogP contribution in [0.25, 0.3) is 0 Å². The van der Waals surface area contributed by atoms with Gasteiger partial charge in [-0.3, -0.25) is 10.1 Å². The van der Waals surface area contributed by atoms with Gasteiger partial charge >= 0.3 is 0 Å². The van der Waals surface area contributed by atoms with Crippen LogP contribution < -0.4 is 5.32 Å². The summed E-state index contributed by atoms with van der Waals surface area (Å²) in [6.07, 6.45) is 1.64. The molecule has 1 aromatic carbocycles. The van der Waals surface area contributed by atoms with E-state index in [-0.39, 0.29) is 16.7 Å². The van der Waals surface area contributed by atoms with Gasteiger partial charge in [0.25, 0.3) is 5.69 Å². The maximum Gasteiger partial charge on any atom is 0.272 e. The summed E-state index contributed by atoms with van der Waals surface area (Å²) in [5, 5.41) is 14.3. The quantitative estimate of drug-likeness (QED) is 0.651. The van der Waals surface area contributed by atoms with Crippen LogP contribution in [0.3, 0.4) is 0 Å². The summed E-state index contributed by atoms with van der Waals surface area (Å²) in [6, 6.07) is 11.3. The summed E-state index contributed by atoms with van der Waals surface area (Å²) in [7, 11) is 1.89. The molecule has 106 valence electrons. The Morgan fingerprint density at radius 3 is 2.65 bits per heavy atom. The average molecular weight is 290 g/mol. The van der Waals surface area contributed by atoms with Gasteiger partial charge in [-0.1, -0.05) is 25.1 Å². The third-order valence-corrected chi connectivity index (χ3v) is 4.68. The minimum absolute atomic E-state index is 0.112. The third-order valence-electron chi connectivity index (χ3n) is 3.34. The molecular weight excluding hydrogens is 272 g/mol. The van der Waals surface area contributed by atoms with Crippen molar-refractivity contribution in [3.05, 3.63) is 61.8 Å². The van der Waals surface area contributed by atoms with Crippen LogP contribution in [0.1, 0.15) is 28.3 Å². The average Bonchev–Trinajstić information content (AvgIpc) is 2.93. The molecule has 2 rings (SSSR count). The summed E-state index contributed by atoms with van der Waals surface area (Å²) in [5.74, 6) is 0. The van der Waals surface area contributed by atoms with Crippen LogP contribution >= 0.6 is 11.3 Å². The lowest BCUT2D eigenvalue weighted by atomic mass is 10.0. The van der Waals surface area contributed by atoms with Crippen molar-refractivity contribution in [2.24, 2.45) is 0 Å². The van der Waals surface area contributed by atoms with E-state index in [1.807, 2.05) is 19.2 Å². The first-order valence-corrected chi connectivity index (χ1v) is 7.45. The Hall–Kier alpha value is -1.72. The number of nitro benzene ring substituents is 1. The molecule has 0 aliphatic carbocycles. The molecule has 0 aliphatic heterocycles. The highest BCUT2D eigenvalue weighted by molar-refractivity contribution is 7.12. The predicted molar refractivity (Wildman–Crippen MR) is 82.3 cm³/mol. The topological polar surface area (TPSA) is 55.2 Å². The summed E-state index contributed by atoms with van der Waals surface area (Å²) < 4.78 is 0. The molecule has 1 N–H and O–H groups in total. The van der Waals surface area contributed by atoms with E-state index in [0.29, 0.717) is 6.42 Å². The molecule has 1 heterocycles. The Kier molecular flexibility index (Phi) is 4.87. The lowest BCUT2D eigenvalue weighted by Gasteiger charge is -2.14. The Morgan fingerprint density at radius 2 is 2.05 bits per heavy atom. The molecule has 0 aliphatic rings. The lowest BCUT2D eigenvalue weighted by Crippen LogP contribution is -2.18. The minimum atomic E-state index is -0.312. The van der Waals surface area contributed by atoms with Gasteiger partial charge in [0.15, 0.2) is 0 Å². The van der Waals surface area contributed by atoms with Crippen molar-refractivity contribution < 1.29 is 4.92 Å². The second-order valence-electron chi connectivity index (χ2n) is 4.59. The van der Waals surface area contributed by atoms with E-state index < -0.39 is 0 Å². The highest BCUT2D eigenvalue weighted by atomic mass is 32.1. The molecule has 5 heteroatoms. The molecule has 0 radical (unpaired) electrons. The highest BCUT2D eigenvalue weighted by Crippen LogP contribution is 2.29. The van der Waals surface area contributed by atoms with Crippen LogP contribution in [0.15, 0.2) is 36.4 Å². The number of likely N-dealkylation sites (N-methyl/N-ethyl adjacent to an activating group) is 1. The summed E-state index contributed by atoms with van der Waals surface area (Å²) in [5.41, 5.74) is 0.961. The van der Waals surface area contributed by atoms with Gasteiger partial charge in [-0.25, -0.2) is 0 Å². The highest BCUT2D eigenvalue weighted by Gasteiger charge is 2.18. The number of aryl methyl sites for hydroxylation is 1. The Bertz CT molecular complexity index is 595. The van der Waals surface area contributed by atoms with Gasteiger partial charge in [-0.05, 0) is 32.0 Å². The first kappa shape index (κ1) is 14.7. The number of hydrogen-bond donors (Lipinski definition) is 1. The van der Waals surface area contributed by atoms with E-state index in [1.165, 1.54) is 9.75 Å². The van der Waals surface area contributed by atoms with Gasteiger partial charge in [0, 0.05) is 27.4 Å². The van der Waals surface area contributed by atoms with Crippen LogP contribution in [-0.4, -0.2) is 12.0 Å². The first-order valence-electron chi connectivity index (χ1n) is 6.63. The maximum atomic E-state index is 11.1. The molecule has 0 amide bonds. The minimum Gasteiger partial charge on any atom is -0.312 e. The van der Waals surface area contributed by atoms with E-state index in [2.05, 4.69) is 24.4 Å². The van der Waals surface area contributed by atoms with Crippen LogP contribution in [0.2, 0.25) is 0 Å². The normalized spacial score (nSPS) is 12.3. The van der Waals surface area contributed by atoms with Gasteiger partial charge < -0.3 is 5.32 Å². The molecule has 2 aromatic rings. The molecule has 4 nitrogen and oxygen atoms in total. The van der Waals surface area contributed by atoms with E-state index in [9.17, 15) is 10.1 Å². The van der Waals surface area contributed by atoms with Crippen molar-refractivity contribution in [2.75, 3.05) is 7.05 Å². The van der Waals surface area contributed by atoms with E-state index in [1.54, 1.807) is 23.5 Å². The van der Waals surface area contributed by atoms with Gasteiger partial charge in [-0.15, -0.1) is 11.3 Å². The van der Waals surface area contributed by atoms with Crippen molar-refractivity contribution in [1.29, 1.82) is 0 Å². The molecule has 0 saturated heterocycles. The zero-order chi connectivity index (χ0) is 14.5. The summed E-state index contributed by atoms with van der Waals surface area (Å²) in [4.78, 5) is 13.3. The lowest BCUT2D eigenvalue weighted by molar-refractivity contribution is -0.385. The number of hydrogen-bond acceptors (Lipinski definition) is 4. The zero-order valence-electron chi connectivity index (χ0n) is 11.6. The van der Waals surface area contributed by atoms with Crippen molar-refractivity contribution in [1.82, 2.24) is 5.32 Å². The van der Waals surface area contributed by atoms with Gasteiger partial charge in [0.2, 0.25) is 0 Å². The third kappa shape index (κ3) is 3.23. The fraction of sp³-hybridized carbons (Fsp3) is 0.333. The van der Waals surface area contributed by atoms with Crippen molar-refractivity contribution >= 4 is 17.0 Å². The molecule has 1 unspecified atom stereocenters. The Morgan fingerprint density at radius 1 is 1.30 bits per heavy atom. The number of benzene rings is 1. The fourth-order valence-corrected chi connectivity index (χ4v) is 3.26. The number of rotatable bonds is 6. The summed E-state index contributed by atoms with van der Waals surface area (Å²) in [6.45, 7) is 2.13. The smallest absolute Gasteiger partial charge is 0.272 e. The molecule has 0 bridgehead atoms. The largest absolute Gasteiger partial charge is 0.312 e. The van der Waals surface area contributed by atoms with Crippen LogP contribution in [0.5, 0.6) is 0 Å². The molecule has 0 fully saturated rings. The molecular formula is C15H18N2O2S. The standard InChI is InChI=1S/C15H18N2O2S/c1-3-12-8-9-15(20-12)13(16-2)10-11-6-4-5-7-14(11)17(18)19/h4-9,13,16H,3,10H2,1-2H3. The molecule has 0 spiro atoms. The predicted octanol–water partition coefficient (Wildman–Crippen LogP) is 3.72.